The highest BCUT2D eigenvalue weighted by molar-refractivity contribution is 6.42. The molecule has 0 atom stereocenters. The van der Waals surface area contributed by atoms with E-state index in [0.29, 0.717) is 26.6 Å². The van der Waals surface area contributed by atoms with Gasteiger partial charge in [-0.15, -0.1) is 10.2 Å². The number of rotatable bonds is 11. The second kappa shape index (κ2) is 20.5. The molecule has 2 aromatic carbocycles. The van der Waals surface area contributed by atoms with Gasteiger partial charge in [0.05, 0.1) is 39.2 Å². The summed E-state index contributed by atoms with van der Waals surface area (Å²) in [6.07, 6.45) is 9.60. The van der Waals surface area contributed by atoms with E-state index in [1.165, 1.54) is 38.8 Å². The molecular formula is C38H51Cl4N9O2. The number of nitriles is 1. The van der Waals surface area contributed by atoms with Gasteiger partial charge in [0.15, 0.2) is 5.82 Å². The highest BCUT2D eigenvalue weighted by Gasteiger charge is 2.27. The molecule has 3 aromatic rings. The van der Waals surface area contributed by atoms with Crippen molar-refractivity contribution in [1.82, 2.24) is 40.2 Å². The second-order valence-corrected chi connectivity index (χ2v) is 16.4. The van der Waals surface area contributed by atoms with Crippen molar-refractivity contribution in [1.29, 1.82) is 5.26 Å². The Labute approximate surface area is 333 Å². The summed E-state index contributed by atoms with van der Waals surface area (Å²) in [5.74, 6) is 3.93. The lowest BCUT2D eigenvalue weighted by Gasteiger charge is -2.37. The predicted octanol–water partition coefficient (Wildman–Crippen LogP) is 7.33. The van der Waals surface area contributed by atoms with E-state index in [9.17, 15) is 0 Å². The van der Waals surface area contributed by atoms with Gasteiger partial charge in [-0.3, -0.25) is 9.80 Å². The maximum atomic E-state index is 8.78. The molecule has 53 heavy (non-hydrogen) atoms. The minimum atomic E-state index is 0.255. The van der Waals surface area contributed by atoms with Crippen molar-refractivity contribution in [3.05, 3.63) is 62.3 Å². The van der Waals surface area contributed by atoms with Crippen LogP contribution in [0.25, 0.3) is 0 Å². The Morgan fingerprint density at radius 1 is 0.623 bits per heavy atom. The molecule has 7 rings (SSSR count). The number of hydrogen-bond donors (Lipinski definition) is 1. The molecule has 4 saturated heterocycles. The standard InChI is InChI=1S/C19H26Cl2N6O.C19H25Cl2N3O/c20-17-2-1-16(11-18(17)21)28-15-5-9-26(10-6-15)12-14-3-7-27(8-4-14)13-19-22-24-25-23-19;20-18-2-1-17(13-19(18)21)25-16-5-10-24(11-6-16)14-15-3-8-23(9-4-15)12-7-22/h1-2,11,14-15H,3-10,12-13H2,(H,22,23,24,25);1-2,13,15-16H,3-6,8-12,14H2. The van der Waals surface area contributed by atoms with Crippen molar-refractivity contribution < 1.29 is 9.47 Å². The smallest absolute Gasteiger partial charge is 0.188 e. The number of halogens is 4. The first-order valence-electron chi connectivity index (χ1n) is 19.0. The molecular weight excluding hydrogens is 756 g/mol. The summed E-state index contributed by atoms with van der Waals surface area (Å²) in [5.41, 5.74) is 0. The summed E-state index contributed by atoms with van der Waals surface area (Å²) in [6, 6.07) is 13.2. The molecule has 0 saturated carbocycles. The van der Waals surface area contributed by atoms with Crippen LogP contribution < -0.4 is 9.47 Å². The van der Waals surface area contributed by atoms with E-state index in [-0.39, 0.29) is 12.2 Å². The molecule has 4 aliphatic heterocycles. The van der Waals surface area contributed by atoms with Gasteiger partial charge in [-0.05, 0) is 114 Å². The SMILES string of the molecule is Clc1ccc(OC2CCN(CC3CCN(Cc4nn[nH]n4)CC3)CC2)cc1Cl.N#CCN1CCC(CN2CCC(Oc3ccc(Cl)c(Cl)c3)CC2)CC1. The summed E-state index contributed by atoms with van der Waals surface area (Å²) in [4.78, 5) is 9.83. The van der Waals surface area contributed by atoms with Crippen LogP contribution in [0.15, 0.2) is 36.4 Å². The quantitative estimate of drug-likeness (QED) is 0.198. The number of hydrogen-bond acceptors (Lipinski definition) is 10. The number of tetrazole rings is 1. The third-order valence-corrected chi connectivity index (χ3v) is 12.4. The molecule has 0 radical (unpaired) electrons. The molecule has 15 heteroatoms. The second-order valence-electron chi connectivity index (χ2n) is 14.8. The van der Waals surface area contributed by atoms with Gasteiger partial charge in [0.1, 0.15) is 23.7 Å². The molecule has 288 valence electrons. The Balaban J connectivity index is 0.000000183. The van der Waals surface area contributed by atoms with E-state index >= 15 is 0 Å². The first-order valence-corrected chi connectivity index (χ1v) is 20.5. The van der Waals surface area contributed by atoms with E-state index in [1.54, 1.807) is 24.3 Å². The van der Waals surface area contributed by atoms with Crippen LogP contribution in [0, 0.1) is 23.2 Å². The van der Waals surface area contributed by atoms with Crippen LogP contribution in [0.4, 0.5) is 0 Å². The van der Waals surface area contributed by atoms with Crippen LogP contribution in [0.1, 0.15) is 57.2 Å². The molecule has 0 bridgehead atoms. The molecule has 5 heterocycles. The number of H-pyrrole nitrogens is 1. The van der Waals surface area contributed by atoms with E-state index < -0.39 is 0 Å². The molecule has 0 spiro atoms. The number of piperidine rings is 4. The van der Waals surface area contributed by atoms with Crippen LogP contribution in [0.3, 0.4) is 0 Å². The maximum Gasteiger partial charge on any atom is 0.188 e. The highest BCUT2D eigenvalue weighted by atomic mass is 35.5. The number of aromatic nitrogens is 4. The van der Waals surface area contributed by atoms with Gasteiger partial charge in [-0.1, -0.05) is 51.6 Å². The summed E-state index contributed by atoms with van der Waals surface area (Å²) < 4.78 is 12.2. The number of likely N-dealkylation sites (tertiary alicyclic amines) is 4. The lowest BCUT2D eigenvalue weighted by atomic mass is 9.95. The molecule has 0 amide bonds. The van der Waals surface area contributed by atoms with E-state index in [1.807, 2.05) is 12.1 Å². The van der Waals surface area contributed by atoms with Crippen LogP contribution in [0.2, 0.25) is 20.1 Å². The van der Waals surface area contributed by atoms with Crippen molar-refractivity contribution in [2.45, 2.75) is 70.1 Å². The third-order valence-electron chi connectivity index (χ3n) is 11.0. The number of aromatic amines is 1. The van der Waals surface area contributed by atoms with Crippen molar-refractivity contribution in [3.8, 4) is 17.6 Å². The Kier molecular flexibility index (Phi) is 15.6. The normalized spacial score (nSPS) is 20.8. The molecule has 11 nitrogen and oxygen atoms in total. The Hall–Kier alpha value is -2.40. The fourth-order valence-corrected chi connectivity index (χ4v) is 8.41. The minimum Gasteiger partial charge on any atom is -0.490 e. The summed E-state index contributed by atoms with van der Waals surface area (Å²) in [5, 5.41) is 25.2. The largest absolute Gasteiger partial charge is 0.490 e. The van der Waals surface area contributed by atoms with Gasteiger partial charge in [-0.2, -0.15) is 10.5 Å². The Bertz CT molecular complexity index is 1580. The van der Waals surface area contributed by atoms with Gasteiger partial charge < -0.3 is 19.3 Å². The number of nitrogens with one attached hydrogen (secondary N) is 1. The minimum absolute atomic E-state index is 0.255. The van der Waals surface area contributed by atoms with Crippen molar-refractivity contribution >= 4 is 46.4 Å². The zero-order valence-corrected chi connectivity index (χ0v) is 33.3. The van der Waals surface area contributed by atoms with Crippen LogP contribution in [0.5, 0.6) is 11.5 Å². The average molecular weight is 808 g/mol. The Morgan fingerprint density at radius 2 is 1.08 bits per heavy atom. The first kappa shape index (κ1) is 40.3. The zero-order chi connectivity index (χ0) is 37.0. The van der Waals surface area contributed by atoms with Crippen molar-refractivity contribution in [3.63, 3.8) is 0 Å². The van der Waals surface area contributed by atoms with Crippen LogP contribution >= 0.6 is 46.4 Å². The molecule has 1 N–H and O–H groups in total. The van der Waals surface area contributed by atoms with Crippen LogP contribution in [-0.4, -0.2) is 124 Å². The van der Waals surface area contributed by atoms with E-state index in [0.717, 1.165) is 114 Å². The maximum absolute atomic E-state index is 8.78. The monoisotopic (exact) mass is 805 g/mol. The molecule has 1 aromatic heterocycles. The fourth-order valence-electron chi connectivity index (χ4n) is 7.84. The Morgan fingerprint density at radius 3 is 1.49 bits per heavy atom. The first-order chi connectivity index (χ1) is 25.8. The van der Waals surface area contributed by atoms with Gasteiger partial charge in [0.25, 0.3) is 0 Å². The number of ether oxygens (including phenoxy) is 2. The zero-order valence-electron chi connectivity index (χ0n) is 30.3. The molecule has 0 unspecified atom stereocenters. The highest BCUT2D eigenvalue weighted by Crippen LogP contribution is 2.30. The molecule has 0 aliphatic carbocycles. The number of benzene rings is 2. The fraction of sp³-hybridized carbons (Fsp3) is 0.632. The topological polar surface area (TPSA) is 110 Å². The van der Waals surface area contributed by atoms with E-state index in [2.05, 4.69) is 46.3 Å². The van der Waals surface area contributed by atoms with E-state index in [4.69, 9.17) is 61.1 Å². The lowest BCUT2D eigenvalue weighted by Crippen LogP contribution is -2.43. The van der Waals surface area contributed by atoms with Crippen LogP contribution in [-0.2, 0) is 6.54 Å². The van der Waals surface area contributed by atoms with Gasteiger partial charge in [0.2, 0.25) is 0 Å². The summed E-state index contributed by atoms with van der Waals surface area (Å²) in [6.45, 7) is 12.4. The van der Waals surface area contributed by atoms with Crippen molar-refractivity contribution in [2.24, 2.45) is 11.8 Å². The number of nitrogens with zero attached hydrogens (tertiary/aromatic N) is 8. The van der Waals surface area contributed by atoms with Gasteiger partial charge in [-0.25, -0.2) is 0 Å². The summed E-state index contributed by atoms with van der Waals surface area (Å²) in [7, 11) is 0. The van der Waals surface area contributed by atoms with Gasteiger partial charge in [0, 0.05) is 51.4 Å². The predicted molar refractivity (Wildman–Crippen MR) is 210 cm³/mol. The van der Waals surface area contributed by atoms with Gasteiger partial charge >= 0.3 is 0 Å². The lowest BCUT2D eigenvalue weighted by molar-refractivity contribution is 0.0769. The summed E-state index contributed by atoms with van der Waals surface area (Å²) >= 11 is 24.0. The molecule has 4 fully saturated rings. The third kappa shape index (κ3) is 12.8. The van der Waals surface area contributed by atoms with Crippen molar-refractivity contribution in [2.75, 3.05) is 72.0 Å². The average Bonchev–Trinajstić information content (AvgIpc) is 3.68. The molecule has 4 aliphatic rings.